The molecule has 0 saturated heterocycles. The van der Waals surface area contributed by atoms with Crippen LogP contribution < -0.4 is 14.9 Å². The van der Waals surface area contributed by atoms with Gasteiger partial charge in [0.05, 0.1) is 46.2 Å². The van der Waals surface area contributed by atoms with Crippen LogP contribution in [-0.4, -0.2) is 38.0 Å². The summed E-state index contributed by atoms with van der Waals surface area (Å²) in [6.45, 7) is 6.24. The molecule has 9 heteroatoms. The molecule has 4 rings (SSSR count). The number of hydrogen-bond donors (Lipinski definition) is 0. The lowest BCUT2D eigenvalue weighted by molar-refractivity contribution is -0.169. The second-order valence-electron chi connectivity index (χ2n) is 9.62. The second kappa shape index (κ2) is 10.8. The molecule has 0 bridgehead atoms. The van der Waals surface area contributed by atoms with Crippen LogP contribution in [0.15, 0.2) is 50.1 Å². The smallest absolute Gasteiger partial charge is 0.309 e. The summed E-state index contributed by atoms with van der Waals surface area (Å²) in [6.07, 6.45) is 1.31. The predicted octanol–water partition coefficient (Wildman–Crippen LogP) is 6.40. The standard InChI is InChI=1S/C27H28BrClO7/c1-27(2,3)36-26(31)15-10-16(11-15)33-8-9-34-24-12-18(22(32-4)13-19(24)28)23-14-21(30)17-6-5-7-20(29)25(17)35-23/h5-7,12-16H,8-11H2,1-4H3. The SMILES string of the molecule is COc1cc(Br)c(OCCOC2CC(C(=O)OC(C)(C)C)C2)cc1-c1cc(=O)c2cccc(Cl)c2o1. The van der Waals surface area contributed by atoms with E-state index in [1.165, 1.54) is 13.2 Å². The fourth-order valence-electron chi connectivity index (χ4n) is 3.93. The minimum atomic E-state index is -0.483. The molecule has 0 amide bonds. The van der Waals surface area contributed by atoms with Crippen molar-refractivity contribution in [3.05, 3.63) is 56.1 Å². The Morgan fingerprint density at radius 3 is 2.58 bits per heavy atom. The number of carbonyl (C=O) groups is 1. The molecule has 2 aromatic carbocycles. The molecule has 3 aromatic rings. The molecule has 1 heterocycles. The Hall–Kier alpha value is -2.55. The van der Waals surface area contributed by atoms with E-state index in [1.807, 2.05) is 20.8 Å². The van der Waals surface area contributed by atoms with Crippen LogP contribution in [0.3, 0.4) is 0 Å². The van der Waals surface area contributed by atoms with Crippen molar-refractivity contribution in [3.63, 3.8) is 0 Å². The summed E-state index contributed by atoms with van der Waals surface area (Å²) >= 11 is 9.77. The summed E-state index contributed by atoms with van der Waals surface area (Å²) in [6, 6.07) is 9.95. The number of fused-ring (bicyclic) bond motifs is 1. The first-order valence-electron chi connectivity index (χ1n) is 11.6. The van der Waals surface area contributed by atoms with E-state index in [1.54, 1.807) is 30.3 Å². The highest BCUT2D eigenvalue weighted by atomic mass is 79.9. The lowest BCUT2D eigenvalue weighted by atomic mass is 9.82. The molecule has 7 nitrogen and oxygen atoms in total. The summed E-state index contributed by atoms with van der Waals surface area (Å²) in [5.74, 6) is 1.07. The molecule has 36 heavy (non-hydrogen) atoms. The van der Waals surface area contributed by atoms with Crippen LogP contribution in [0.25, 0.3) is 22.3 Å². The van der Waals surface area contributed by atoms with Crippen molar-refractivity contribution in [1.82, 2.24) is 0 Å². The maximum absolute atomic E-state index is 12.7. The molecule has 0 aliphatic heterocycles. The normalized spacial score (nSPS) is 17.5. The van der Waals surface area contributed by atoms with Crippen LogP contribution in [0.5, 0.6) is 11.5 Å². The van der Waals surface area contributed by atoms with Gasteiger partial charge in [0.2, 0.25) is 0 Å². The van der Waals surface area contributed by atoms with Crippen molar-refractivity contribution in [2.45, 2.75) is 45.3 Å². The fourth-order valence-corrected chi connectivity index (χ4v) is 4.58. The number of carbonyl (C=O) groups excluding carboxylic acids is 1. The van der Waals surface area contributed by atoms with Gasteiger partial charge in [-0.05, 0) is 73.8 Å². The molecule has 1 aromatic heterocycles. The third-order valence-electron chi connectivity index (χ3n) is 5.76. The van der Waals surface area contributed by atoms with Crippen LogP contribution in [0.4, 0.5) is 0 Å². The number of para-hydroxylation sites is 1. The van der Waals surface area contributed by atoms with Gasteiger partial charge in [0.1, 0.15) is 29.5 Å². The highest BCUT2D eigenvalue weighted by Gasteiger charge is 2.37. The van der Waals surface area contributed by atoms with Gasteiger partial charge in [-0.3, -0.25) is 9.59 Å². The fraction of sp³-hybridized carbons (Fsp3) is 0.407. The Bertz CT molecular complexity index is 1320. The summed E-state index contributed by atoms with van der Waals surface area (Å²) in [7, 11) is 1.54. The first kappa shape index (κ1) is 26.5. The summed E-state index contributed by atoms with van der Waals surface area (Å²) in [5, 5.41) is 0.752. The van der Waals surface area contributed by atoms with Gasteiger partial charge >= 0.3 is 5.97 Å². The Morgan fingerprint density at radius 1 is 1.14 bits per heavy atom. The summed E-state index contributed by atoms with van der Waals surface area (Å²) in [5.41, 5.74) is 0.172. The zero-order chi connectivity index (χ0) is 26.0. The summed E-state index contributed by atoms with van der Waals surface area (Å²) in [4.78, 5) is 24.8. The maximum Gasteiger partial charge on any atom is 0.309 e. The van der Waals surface area contributed by atoms with Crippen LogP contribution in [-0.2, 0) is 14.3 Å². The number of hydrogen-bond acceptors (Lipinski definition) is 7. The largest absolute Gasteiger partial charge is 0.496 e. The van der Waals surface area contributed by atoms with Crippen molar-refractivity contribution in [2.24, 2.45) is 5.92 Å². The maximum atomic E-state index is 12.7. The van der Waals surface area contributed by atoms with Crippen LogP contribution in [0.2, 0.25) is 5.02 Å². The molecular weight excluding hydrogens is 552 g/mol. The van der Waals surface area contributed by atoms with Gasteiger partial charge in [-0.1, -0.05) is 17.7 Å². The number of benzene rings is 2. The monoisotopic (exact) mass is 578 g/mol. The quantitative estimate of drug-likeness (QED) is 0.225. The minimum absolute atomic E-state index is 0.0117. The second-order valence-corrected chi connectivity index (χ2v) is 10.9. The number of ether oxygens (including phenoxy) is 4. The molecule has 0 atom stereocenters. The van der Waals surface area contributed by atoms with Gasteiger partial charge in [-0.25, -0.2) is 0 Å². The third kappa shape index (κ3) is 6.05. The van der Waals surface area contributed by atoms with Crippen molar-refractivity contribution >= 4 is 44.5 Å². The molecule has 0 N–H and O–H groups in total. The zero-order valence-corrected chi connectivity index (χ0v) is 22.9. The molecule has 1 aliphatic carbocycles. The first-order chi connectivity index (χ1) is 17.1. The van der Waals surface area contributed by atoms with E-state index >= 15 is 0 Å². The topological polar surface area (TPSA) is 84.2 Å². The average molecular weight is 580 g/mol. The van der Waals surface area contributed by atoms with Crippen LogP contribution >= 0.6 is 27.5 Å². The average Bonchev–Trinajstić information content (AvgIpc) is 2.77. The molecule has 0 spiro atoms. The van der Waals surface area contributed by atoms with E-state index in [0.29, 0.717) is 69.3 Å². The van der Waals surface area contributed by atoms with Crippen LogP contribution in [0.1, 0.15) is 33.6 Å². The lowest BCUT2D eigenvalue weighted by Gasteiger charge is -2.35. The molecule has 192 valence electrons. The Labute approximate surface area is 222 Å². The third-order valence-corrected chi connectivity index (χ3v) is 6.67. The first-order valence-corrected chi connectivity index (χ1v) is 12.8. The van der Waals surface area contributed by atoms with Gasteiger partial charge in [-0.15, -0.1) is 0 Å². The number of halogens is 2. The van der Waals surface area contributed by atoms with E-state index in [2.05, 4.69) is 15.9 Å². The van der Waals surface area contributed by atoms with Gasteiger partial charge < -0.3 is 23.4 Å². The number of rotatable bonds is 8. The Kier molecular flexibility index (Phi) is 7.97. The van der Waals surface area contributed by atoms with Gasteiger partial charge in [-0.2, -0.15) is 0 Å². The van der Waals surface area contributed by atoms with E-state index < -0.39 is 5.60 Å². The van der Waals surface area contributed by atoms with Gasteiger partial charge in [0.25, 0.3) is 0 Å². The molecule has 0 radical (unpaired) electrons. The van der Waals surface area contributed by atoms with E-state index in [4.69, 9.17) is 35.0 Å². The van der Waals surface area contributed by atoms with Crippen molar-refractivity contribution in [2.75, 3.05) is 20.3 Å². The summed E-state index contributed by atoms with van der Waals surface area (Å²) < 4.78 is 29.4. The lowest BCUT2D eigenvalue weighted by Crippen LogP contribution is -2.40. The van der Waals surface area contributed by atoms with Crippen LogP contribution in [0, 0.1) is 5.92 Å². The number of esters is 1. The zero-order valence-electron chi connectivity index (χ0n) is 20.6. The van der Waals surface area contributed by atoms with Crippen molar-refractivity contribution < 1.29 is 28.2 Å². The van der Waals surface area contributed by atoms with Gasteiger partial charge in [0, 0.05) is 6.07 Å². The molecular formula is C27H28BrClO7. The molecule has 1 saturated carbocycles. The predicted molar refractivity (Wildman–Crippen MR) is 141 cm³/mol. The van der Waals surface area contributed by atoms with E-state index in [-0.39, 0.29) is 23.4 Å². The molecule has 0 unspecified atom stereocenters. The van der Waals surface area contributed by atoms with Crippen molar-refractivity contribution in [1.29, 1.82) is 0 Å². The minimum Gasteiger partial charge on any atom is -0.496 e. The molecule has 1 aliphatic rings. The Morgan fingerprint density at radius 2 is 1.89 bits per heavy atom. The van der Waals surface area contributed by atoms with E-state index in [9.17, 15) is 9.59 Å². The highest BCUT2D eigenvalue weighted by Crippen LogP contribution is 2.40. The highest BCUT2D eigenvalue weighted by molar-refractivity contribution is 9.10. The molecule has 1 fully saturated rings. The van der Waals surface area contributed by atoms with E-state index in [0.717, 1.165) is 0 Å². The number of methoxy groups -OCH3 is 1. The Balaban J connectivity index is 1.41. The van der Waals surface area contributed by atoms with Crippen molar-refractivity contribution in [3.8, 4) is 22.8 Å². The van der Waals surface area contributed by atoms with Gasteiger partial charge in [0.15, 0.2) is 11.0 Å².